The van der Waals surface area contributed by atoms with Gasteiger partial charge in [-0.1, -0.05) is 13.8 Å². The molecule has 22 heavy (non-hydrogen) atoms. The molecule has 1 aromatic heterocycles. The van der Waals surface area contributed by atoms with Gasteiger partial charge in [0, 0.05) is 13.6 Å². The molecule has 1 heterocycles. The van der Waals surface area contributed by atoms with Crippen molar-refractivity contribution in [2.75, 3.05) is 19.6 Å². The van der Waals surface area contributed by atoms with Crippen LogP contribution in [0.15, 0.2) is 6.33 Å². The van der Waals surface area contributed by atoms with Gasteiger partial charge in [-0.25, -0.2) is 4.98 Å². The van der Waals surface area contributed by atoms with Crippen molar-refractivity contribution in [2.24, 2.45) is 7.05 Å². The van der Waals surface area contributed by atoms with Gasteiger partial charge in [-0.3, -0.25) is 9.59 Å². The molecule has 1 aliphatic carbocycles. The smallest absolute Gasteiger partial charge is 0.290 e. The van der Waals surface area contributed by atoms with Crippen LogP contribution in [0.25, 0.3) is 0 Å². The minimum absolute atomic E-state index is 0.00200. The molecule has 0 bridgehead atoms. The zero-order valence-corrected chi connectivity index (χ0v) is 13.8. The molecule has 7 heteroatoms. The Balaban J connectivity index is 0.000000745. The second-order valence-electron chi connectivity index (χ2n) is 5.59. The van der Waals surface area contributed by atoms with Crippen molar-refractivity contribution >= 4 is 12.4 Å². The van der Waals surface area contributed by atoms with Gasteiger partial charge in [0.15, 0.2) is 0 Å². The van der Waals surface area contributed by atoms with Gasteiger partial charge in [0.25, 0.3) is 12.4 Å². The Morgan fingerprint density at radius 3 is 2.41 bits per heavy atom. The van der Waals surface area contributed by atoms with Crippen molar-refractivity contribution in [1.82, 2.24) is 19.8 Å². The lowest BCUT2D eigenvalue weighted by Crippen LogP contribution is -2.46. The first kappa shape index (κ1) is 18.2. The molecule has 1 fully saturated rings. The van der Waals surface area contributed by atoms with Crippen molar-refractivity contribution in [3.63, 3.8) is 0 Å². The number of nitrogens with one attached hydrogen (secondary N) is 1. The summed E-state index contributed by atoms with van der Waals surface area (Å²) in [6.45, 7) is 8.94. The van der Waals surface area contributed by atoms with Crippen LogP contribution in [0.4, 0.5) is 0 Å². The number of aryl methyl sites for hydroxylation is 2. The first-order chi connectivity index (χ1) is 10.4. The average molecular weight is 310 g/mol. The van der Waals surface area contributed by atoms with Crippen LogP contribution in [-0.2, 0) is 11.8 Å². The predicted octanol–water partition coefficient (Wildman–Crippen LogP) is 1.03. The number of carboxylic acid groups (broad SMARTS) is 1. The number of likely N-dealkylation sites (N-methyl/N-ethyl adjacent to an activating group) is 1. The van der Waals surface area contributed by atoms with E-state index in [2.05, 4.69) is 29.0 Å². The van der Waals surface area contributed by atoms with Crippen LogP contribution >= 0.6 is 0 Å². The number of rotatable bonds is 6. The van der Waals surface area contributed by atoms with Crippen LogP contribution in [0.3, 0.4) is 0 Å². The lowest BCUT2D eigenvalue weighted by Gasteiger charge is -2.26. The minimum Gasteiger partial charge on any atom is -0.483 e. The molecule has 1 aromatic rings. The maximum Gasteiger partial charge on any atom is 0.290 e. The number of amides is 1. The molecule has 0 saturated heterocycles. The zero-order valence-electron chi connectivity index (χ0n) is 13.8. The SMILES string of the molecule is CCN(CC)CC1(NC(=O)c2c(C)ncn2C)CC1.O=CO. The third kappa shape index (κ3) is 4.56. The molecule has 1 saturated carbocycles. The summed E-state index contributed by atoms with van der Waals surface area (Å²) in [6.07, 6.45) is 3.84. The molecule has 0 unspecified atom stereocenters. The van der Waals surface area contributed by atoms with E-state index < -0.39 is 0 Å². The fourth-order valence-electron chi connectivity index (χ4n) is 2.52. The third-order valence-corrected chi connectivity index (χ3v) is 3.99. The number of carbonyl (C=O) groups is 2. The van der Waals surface area contributed by atoms with Gasteiger partial charge in [-0.05, 0) is 32.9 Å². The van der Waals surface area contributed by atoms with E-state index in [4.69, 9.17) is 9.90 Å². The standard InChI is InChI=1S/C14H24N4O.CH2O2/c1-5-18(6-2)9-14(7-8-14)16-13(19)12-11(3)15-10-17(12)4;2-1-3/h10H,5-9H2,1-4H3,(H,16,19);1H,(H,2,3). The van der Waals surface area contributed by atoms with Crippen molar-refractivity contribution in [2.45, 2.75) is 39.2 Å². The third-order valence-electron chi connectivity index (χ3n) is 3.99. The molecular weight excluding hydrogens is 284 g/mol. The van der Waals surface area contributed by atoms with Crippen LogP contribution in [0, 0.1) is 6.92 Å². The highest BCUT2D eigenvalue weighted by atomic mass is 16.3. The Kier molecular flexibility index (Phi) is 6.55. The minimum atomic E-state index is -0.250. The molecule has 0 spiro atoms. The highest BCUT2D eigenvalue weighted by Crippen LogP contribution is 2.36. The fourth-order valence-corrected chi connectivity index (χ4v) is 2.52. The molecule has 0 atom stereocenters. The fraction of sp³-hybridized carbons (Fsp3) is 0.667. The van der Waals surface area contributed by atoms with E-state index in [0.717, 1.165) is 38.2 Å². The number of nitrogens with zero attached hydrogens (tertiary/aromatic N) is 3. The Hall–Kier alpha value is -1.89. The monoisotopic (exact) mass is 310 g/mol. The Bertz CT molecular complexity index is 485. The first-order valence-electron chi connectivity index (χ1n) is 7.53. The van der Waals surface area contributed by atoms with Crippen molar-refractivity contribution in [3.8, 4) is 0 Å². The maximum absolute atomic E-state index is 12.4. The summed E-state index contributed by atoms with van der Waals surface area (Å²) >= 11 is 0. The molecule has 2 rings (SSSR count). The normalized spacial score (nSPS) is 15.0. The van der Waals surface area contributed by atoms with Crippen LogP contribution in [-0.4, -0.2) is 57.1 Å². The number of carbonyl (C=O) groups excluding carboxylic acids is 1. The van der Waals surface area contributed by atoms with Gasteiger partial charge in [-0.2, -0.15) is 0 Å². The van der Waals surface area contributed by atoms with Crippen molar-refractivity contribution in [3.05, 3.63) is 17.7 Å². The predicted molar refractivity (Wildman–Crippen MR) is 83.9 cm³/mol. The van der Waals surface area contributed by atoms with Gasteiger partial charge in [-0.15, -0.1) is 0 Å². The van der Waals surface area contributed by atoms with Crippen molar-refractivity contribution < 1.29 is 14.7 Å². The second kappa shape index (κ2) is 7.93. The van der Waals surface area contributed by atoms with Gasteiger partial charge >= 0.3 is 0 Å². The highest BCUT2D eigenvalue weighted by Gasteiger charge is 2.45. The summed E-state index contributed by atoms with van der Waals surface area (Å²) in [4.78, 5) is 27.3. The summed E-state index contributed by atoms with van der Waals surface area (Å²) in [5, 5.41) is 10.1. The summed E-state index contributed by atoms with van der Waals surface area (Å²) in [5.74, 6) is 0.00200. The van der Waals surface area contributed by atoms with E-state index in [1.54, 1.807) is 10.9 Å². The topological polar surface area (TPSA) is 87.5 Å². The van der Waals surface area contributed by atoms with Gasteiger partial charge in [0.1, 0.15) is 5.69 Å². The van der Waals surface area contributed by atoms with E-state index in [0.29, 0.717) is 5.69 Å². The molecule has 7 nitrogen and oxygen atoms in total. The van der Waals surface area contributed by atoms with Gasteiger partial charge in [0.05, 0.1) is 17.6 Å². The lowest BCUT2D eigenvalue weighted by molar-refractivity contribution is -0.122. The van der Waals surface area contributed by atoms with Crippen molar-refractivity contribution in [1.29, 1.82) is 0 Å². The molecule has 0 aromatic carbocycles. The summed E-state index contributed by atoms with van der Waals surface area (Å²) < 4.78 is 1.79. The Labute approximate surface area is 131 Å². The molecule has 0 aliphatic heterocycles. The van der Waals surface area contributed by atoms with Crippen LogP contribution in [0.1, 0.15) is 42.9 Å². The van der Waals surface area contributed by atoms with Crippen LogP contribution in [0.2, 0.25) is 0 Å². The summed E-state index contributed by atoms with van der Waals surface area (Å²) in [7, 11) is 1.86. The number of imidazole rings is 1. The first-order valence-corrected chi connectivity index (χ1v) is 7.53. The molecule has 1 aliphatic rings. The second-order valence-corrected chi connectivity index (χ2v) is 5.59. The molecule has 2 N–H and O–H groups in total. The highest BCUT2D eigenvalue weighted by molar-refractivity contribution is 5.94. The van der Waals surface area contributed by atoms with E-state index >= 15 is 0 Å². The van der Waals surface area contributed by atoms with E-state index in [-0.39, 0.29) is 17.9 Å². The van der Waals surface area contributed by atoms with E-state index in [1.165, 1.54) is 0 Å². The van der Waals surface area contributed by atoms with Gasteiger partial charge in [0.2, 0.25) is 0 Å². The number of hydrogen-bond donors (Lipinski definition) is 2. The Morgan fingerprint density at radius 1 is 1.50 bits per heavy atom. The summed E-state index contributed by atoms with van der Waals surface area (Å²) in [5.41, 5.74) is 1.45. The quantitative estimate of drug-likeness (QED) is 0.766. The maximum atomic E-state index is 12.4. The molecule has 0 radical (unpaired) electrons. The van der Waals surface area contributed by atoms with Gasteiger partial charge < -0.3 is 19.9 Å². The summed E-state index contributed by atoms with van der Waals surface area (Å²) in [6, 6.07) is 0. The van der Waals surface area contributed by atoms with E-state index in [1.807, 2.05) is 14.0 Å². The largest absolute Gasteiger partial charge is 0.483 e. The molecular formula is C15H26N4O3. The number of hydrogen-bond acceptors (Lipinski definition) is 4. The van der Waals surface area contributed by atoms with Crippen LogP contribution < -0.4 is 5.32 Å². The molecule has 1 amide bonds. The zero-order chi connectivity index (χ0) is 16.8. The van der Waals surface area contributed by atoms with Crippen LogP contribution in [0.5, 0.6) is 0 Å². The average Bonchev–Trinajstić information content (AvgIpc) is 3.14. The molecule has 124 valence electrons. The Morgan fingerprint density at radius 2 is 2.05 bits per heavy atom. The lowest BCUT2D eigenvalue weighted by atomic mass is 10.2. The van der Waals surface area contributed by atoms with E-state index in [9.17, 15) is 4.79 Å². The number of aromatic nitrogens is 2.